The van der Waals surface area contributed by atoms with Crippen LogP contribution in [0.5, 0.6) is 5.75 Å². The van der Waals surface area contributed by atoms with E-state index in [-0.39, 0.29) is 6.04 Å². The number of fused-ring (bicyclic) bond motifs is 1. The first-order chi connectivity index (χ1) is 8.86. The molecule has 3 unspecified atom stereocenters. The van der Waals surface area contributed by atoms with E-state index in [2.05, 4.69) is 17.6 Å². The van der Waals surface area contributed by atoms with Crippen molar-refractivity contribution in [2.45, 2.75) is 31.7 Å². The number of hydrogen-bond donors (Lipinski definition) is 2. The average Bonchev–Trinajstić information content (AvgIpc) is 3.15. The number of hydrazine groups is 1. The zero-order valence-electron chi connectivity index (χ0n) is 10.9. The number of rotatable bonds is 4. The van der Waals surface area contributed by atoms with E-state index in [0.29, 0.717) is 5.92 Å². The molecule has 98 valence electrons. The van der Waals surface area contributed by atoms with Gasteiger partial charge in [0.25, 0.3) is 0 Å². The highest BCUT2D eigenvalue weighted by Gasteiger charge is 2.54. The summed E-state index contributed by atoms with van der Waals surface area (Å²) in [6.07, 6.45) is 5.53. The summed E-state index contributed by atoms with van der Waals surface area (Å²) in [6.45, 7) is 0. The van der Waals surface area contributed by atoms with Crippen molar-refractivity contribution in [1.29, 1.82) is 0 Å². The quantitative estimate of drug-likeness (QED) is 0.634. The van der Waals surface area contributed by atoms with Crippen molar-refractivity contribution >= 4 is 0 Å². The second-order valence-electron chi connectivity index (χ2n) is 5.58. The molecule has 1 aromatic carbocycles. The summed E-state index contributed by atoms with van der Waals surface area (Å²) in [6, 6.07) is 8.47. The lowest BCUT2D eigenvalue weighted by Gasteiger charge is -2.19. The third-order valence-electron chi connectivity index (χ3n) is 4.76. The number of ether oxygens (including phenoxy) is 1. The summed E-state index contributed by atoms with van der Waals surface area (Å²) in [5.74, 6) is 9.23. The fourth-order valence-corrected chi connectivity index (χ4v) is 3.87. The molecule has 0 radical (unpaired) electrons. The molecule has 0 bridgehead atoms. The van der Waals surface area contributed by atoms with Crippen molar-refractivity contribution in [2.75, 3.05) is 7.11 Å². The van der Waals surface area contributed by atoms with E-state index in [4.69, 9.17) is 10.6 Å². The molecular weight excluding hydrogens is 224 g/mol. The van der Waals surface area contributed by atoms with E-state index in [1.54, 1.807) is 7.11 Å². The van der Waals surface area contributed by atoms with Gasteiger partial charge in [-0.05, 0) is 36.7 Å². The van der Waals surface area contributed by atoms with Crippen LogP contribution in [0.15, 0.2) is 24.3 Å². The van der Waals surface area contributed by atoms with Crippen molar-refractivity contribution < 1.29 is 4.74 Å². The number of para-hydroxylation sites is 1. The first kappa shape index (κ1) is 12.0. The Morgan fingerprint density at radius 1 is 1.22 bits per heavy atom. The smallest absolute Gasteiger partial charge is 0.123 e. The predicted octanol–water partition coefficient (Wildman–Crippen LogP) is 2.64. The van der Waals surface area contributed by atoms with Gasteiger partial charge in [0.05, 0.1) is 13.2 Å². The van der Waals surface area contributed by atoms with Crippen LogP contribution >= 0.6 is 0 Å². The number of methoxy groups -OCH3 is 1. The Balaban J connectivity index is 1.84. The minimum atomic E-state index is 0.245. The Bertz CT molecular complexity index is 409. The molecule has 3 atom stereocenters. The standard InChI is InChI=1S/C15H22N2O/c1-18-13-9-5-4-8-12(13)15(17-16)14-10-6-2-3-7-11(10)14/h4-5,8-11,14-15,17H,2-3,6-7,16H2,1H3. The normalized spacial score (nSPS) is 31.6. The summed E-state index contributed by atoms with van der Waals surface area (Å²) < 4.78 is 5.46. The number of nitrogens with two attached hydrogens (primary N) is 1. The molecule has 0 heterocycles. The van der Waals surface area contributed by atoms with Crippen molar-refractivity contribution in [1.82, 2.24) is 5.43 Å². The van der Waals surface area contributed by atoms with E-state index in [1.165, 1.54) is 31.2 Å². The van der Waals surface area contributed by atoms with Crippen LogP contribution in [0.25, 0.3) is 0 Å². The Morgan fingerprint density at radius 3 is 2.50 bits per heavy atom. The lowest BCUT2D eigenvalue weighted by molar-refractivity contribution is 0.385. The molecule has 2 aliphatic rings. The molecule has 18 heavy (non-hydrogen) atoms. The Labute approximate surface area is 109 Å². The molecule has 1 aromatic rings. The fourth-order valence-electron chi connectivity index (χ4n) is 3.87. The van der Waals surface area contributed by atoms with Crippen LogP contribution in [-0.2, 0) is 0 Å². The fraction of sp³-hybridized carbons (Fsp3) is 0.600. The zero-order valence-corrected chi connectivity index (χ0v) is 10.9. The topological polar surface area (TPSA) is 47.3 Å². The maximum atomic E-state index is 5.82. The molecule has 3 N–H and O–H groups in total. The van der Waals surface area contributed by atoms with Gasteiger partial charge >= 0.3 is 0 Å². The van der Waals surface area contributed by atoms with Gasteiger partial charge in [0.15, 0.2) is 0 Å². The van der Waals surface area contributed by atoms with E-state index in [9.17, 15) is 0 Å². The van der Waals surface area contributed by atoms with E-state index < -0.39 is 0 Å². The van der Waals surface area contributed by atoms with Crippen LogP contribution < -0.4 is 16.0 Å². The molecule has 0 saturated heterocycles. The first-order valence-electron chi connectivity index (χ1n) is 6.96. The number of nitrogens with one attached hydrogen (secondary N) is 1. The SMILES string of the molecule is COc1ccccc1C(NN)C1C2CCCCC21. The highest BCUT2D eigenvalue weighted by Crippen LogP contribution is 2.60. The van der Waals surface area contributed by atoms with Gasteiger partial charge in [0.2, 0.25) is 0 Å². The Kier molecular flexibility index (Phi) is 3.27. The molecule has 0 amide bonds. The second kappa shape index (κ2) is 4.90. The summed E-state index contributed by atoms with van der Waals surface area (Å²) in [5, 5.41) is 0. The van der Waals surface area contributed by atoms with Crippen molar-refractivity contribution in [3.8, 4) is 5.75 Å². The largest absolute Gasteiger partial charge is 0.496 e. The molecule has 0 aromatic heterocycles. The molecular formula is C15H22N2O. The Morgan fingerprint density at radius 2 is 1.89 bits per heavy atom. The van der Waals surface area contributed by atoms with Gasteiger partial charge in [-0.2, -0.15) is 0 Å². The molecule has 2 saturated carbocycles. The third-order valence-corrected chi connectivity index (χ3v) is 4.76. The van der Waals surface area contributed by atoms with Gasteiger partial charge in [-0.25, -0.2) is 0 Å². The van der Waals surface area contributed by atoms with Crippen molar-refractivity contribution in [3.05, 3.63) is 29.8 Å². The van der Waals surface area contributed by atoms with Gasteiger partial charge in [0.1, 0.15) is 5.75 Å². The minimum Gasteiger partial charge on any atom is -0.496 e. The van der Waals surface area contributed by atoms with Crippen LogP contribution in [0, 0.1) is 17.8 Å². The van der Waals surface area contributed by atoms with Crippen LogP contribution in [-0.4, -0.2) is 7.11 Å². The number of hydrogen-bond acceptors (Lipinski definition) is 3. The second-order valence-corrected chi connectivity index (χ2v) is 5.58. The maximum Gasteiger partial charge on any atom is 0.123 e. The first-order valence-corrected chi connectivity index (χ1v) is 6.96. The van der Waals surface area contributed by atoms with Gasteiger partial charge in [0, 0.05) is 5.56 Å². The molecule has 3 heteroatoms. The third kappa shape index (κ3) is 1.91. The summed E-state index contributed by atoms with van der Waals surface area (Å²) >= 11 is 0. The predicted molar refractivity (Wildman–Crippen MR) is 72.0 cm³/mol. The monoisotopic (exact) mass is 246 g/mol. The Hall–Kier alpha value is -1.06. The van der Waals surface area contributed by atoms with Gasteiger partial charge in [-0.1, -0.05) is 31.0 Å². The molecule has 0 aliphatic heterocycles. The van der Waals surface area contributed by atoms with Gasteiger partial charge in [-0.3, -0.25) is 11.3 Å². The summed E-state index contributed by atoms with van der Waals surface area (Å²) in [5.41, 5.74) is 4.24. The lowest BCUT2D eigenvalue weighted by Crippen LogP contribution is -2.30. The lowest BCUT2D eigenvalue weighted by atomic mass is 9.99. The molecule has 3 nitrogen and oxygen atoms in total. The summed E-state index contributed by atoms with van der Waals surface area (Å²) in [7, 11) is 1.73. The molecule has 0 spiro atoms. The van der Waals surface area contributed by atoms with Crippen LogP contribution in [0.2, 0.25) is 0 Å². The number of benzene rings is 1. The van der Waals surface area contributed by atoms with Gasteiger partial charge in [-0.15, -0.1) is 0 Å². The minimum absolute atomic E-state index is 0.245. The molecule has 3 rings (SSSR count). The van der Waals surface area contributed by atoms with E-state index >= 15 is 0 Å². The highest BCUT2D eigenvalue weighted by molar-refractivity contribution is 5.37. The zero-order chi connectivity index (χ0) is 12.5. The van der Waals surface area contributed by atoms with Crippen LogP contribution in [0.3, 0.4) is 0 Å². The van der Waals surface area contributed by atoms with Gasteiger partial charge < -0.3 is 4.74 Å². The average molecular weight is 246 g/mol. The molecule has 2 fully saturated rings. The maximum absolute atomic E-state index is 5.82. The van der Waals surface area contributed by atoms with E-state index in [0.717, 1.165) is 17.6 Å². The van der Waals surface area contributed by atoms with E-state index in [1.807, 2.05) is 12.1 Å². The summed E-state index contributed by atoms with van der Waals surface area (Å²) in [4.78, 5) is 0. The van der Waals surface area contributed by atoms with Crippen LogP contribution in [0.1, 0.15) is 37.3 Å². The van der Waals surface area contributed by atoms with Crippen LogP contribution in [0.4, 0.5) is 0 Å². The van der Waals surface area contributed by atoms with Crippen molar-refractivity contribution in [3.63, 3.8) is 0 Å². The molecule has 2 aliphatic carbocycles. The van der Waals surface area contributed by atoms with Crippen molar-refractivity contribution in [2.24, 2.45) is 23.6 Å². The highest BCUT2D eigenvalue weighted by atomic mass is 16.5.